The lowest BCUT2D eigenvalue weighted by molar-refractivity contribution is 0.0513. The lowest BCUT2D eigenvalue weighted by atomic mass is 10.2. The molecule has 1 aromatic carbocycles. The molecule has 0 bridgehead atoms. The van der Waals surface area contributed by atoms with Gasteiger partial charge in [-0.15, -0.1) is 0 Å². The van der Waals surface area contributed by atoms with E-state index in [4.69, 9.17) is 14.2 Å². The molecule has 0 radical (unpaired) electrons. The fourth-order valence-corrected chi connectivity index (χ4v) is 2.05. The summed E-state index contributed by atoms with van der Waals surface area (Å²) in [6, 6.07) is 7.50. The van der Waals surface area contributed by atoms with E-state index < -0.39 is 12.1 Å². The van der Waals surface area contributed by atoms with Gasteiger partial charge in [-0.05, 0) is 38.1 Å². The Morgan fingerprint density at radius 2 is 1.72 bits per heavy atom. The lowest BCUT2D eigenvalue weighted by Crippen LogP contribution is -2.13. The minimum Gasteiger partial charge on any atom is -0.461 e. The van der Waals surface area contributed by atoms with Gasteiger partial charge in [0.2, 0.25) is 5.69 Å². The third-order valence-corrected chi connectivity index (χ3v) is 3.24. The van der Waals surface area contributed by atoms with Crippen LogP contribution < -0.4 is 9.64 Å². The Balaban J connectivity index is 2.35. The second-order valence-corrected chi connectivity index (χ2v) is 5.20. The summed E-state index contributed by atoms with van der Waals surface area (Å²) in [5, 5.41) is 4.18. The molecule has 0 saturated heterocycles. The van der Waals surface area contributed by atoms with Crippen molar-refractivity contribution in [1.29, 1.82) is 0 Å². The summed E-state index contributed by atoms with van der Waals surface area (Å²) in [7, 11) is 3.88. The molecule has 0 atom stereocenters. The van der Waals surface area contributed by atoms with Crippen LogP contribution in [0.5, 0.6) is 5.75 Å². The molecule has 8 heteroatoms. The number of aromatic nitrogens is 2. The summed E-state index contributed by atoms with van der Waals surface area (Å²) in [5.41, 5.74) is 1.63. The number of benzene rings is 1. The molecule has 0 N–H and O–H groups in total. The molecule has 0 unspecified atom stereocenters. The van der Waals surface area contributed by atoms with Crippen molar-refractivity contribution >= 4 is 17.8 Å². The van der Waals surface area contributed by atoms with Gasteiger partial charge in [0.25, 0.3) is 0 Å². The molecular weight excluding hydrogens is 326 g/mol. The minimum absolute atomic E-state index is 0.0198. The van der Waals surface area contributed by atoms with E-state index in [1.54, 1.807) is 13.8 Å². The van der Waals surface area contributed by atoms with Gasteiger partial charge in [0.1, 0.15) is 0 Å². The number of carbonyl (C=O) groups excluding carboxylic acids is 2. The van der Waals surface area contributed by atoms with Crippen LogP contribution in [0.15, 0.2) is 30.5 Å². The largest absolute Gasteiger partial charge is 0.513 e. The summed E-state index contributed by atoms with van der Waals surface area (Å²) in [6.45, 7) is 3.68. The standard InChI is InChI=1S/C17H21N3O5/c1-5-23-16(21)15-14(25-17(22)24-6-2)11-20(18-15)13-9-7-12(8-10-13)19(3)4/h7-11H,5-6H2,1-4H3. The second-order valence-electron chi connectivity index (χ2n) is 5.20. The van der Waals surface area contributed by atoms with Crippen LogP contribution in [-0.2, 0) is 9.47 Å². The molecule has 0 aliphatic heterocycles. The maximum Gasteiger partial charge on any atom is 0.513 e. The van der Waals surface area contributed by atoms with Crippen molar-refractivity contribution in [2.75, 3.05) is 32.2 Å². The van der Waals surface area contributed by atoms with E-state index in [9.17, 15) is 9.59 Å². The highest BCUT2D eigenvalue weighted by atomic mass is 16.7. The van der Waals surface area contributed by atoms with Gasteiger partial charge in [-0.25, -0.2) is 14.3 Å². The number of esters is 1. The number of rotatable bonds is 6. The Hall–Kier alpha value is -3.03. The zero-order chi connectivity index (χ0) is 18.4. The van der Waals surface area contributed by atoms with Crippen molar-refractivity contribution in [3.63, 3.8) is 0 Å². The molecule has 0 amide bonds. The van der Waals surface area contributed by atoms with E-state index >= 15 is 0 Å². The second kappa shape index (κ2) is 8.18. The van der Waals surface area contributed by atoms with Crippen molar-refractivity contribution in [1.82, 2.24) is 9.78 Å². The van der Waals surface area contributed by atoms with E-state index in [1.165, 1.54) is 10.9 Å². The van der Waals surface area contributed by atoms with Crippen LogP contribution in [0.4, 0.5) is 10.5 Å². The molecule has 1 aromatic heterocycles. The van der Waals surface area contributed by atoms with E-state index in [2.05, 4.69) is 5.10 Å². The third-order valence-electron chi connectivity index (χ3n) is 3.24. The van der Waals surface area contributed by atoms with Crippen LogP contribution in [0.3, 0.4) is 0 Å². The van der Waals surface area contributed by atoms with Gasteiger partial charge in [0.05, 0.1) is 25.1 Å². The molecule has 0 fully saturated rings. The zero-order valence-electron chi connectivity index (χ0n) is 14.7. The van der Waals surface area contributed by atoms with Crippen LogP contribution in [0.25, 0.3) is 5.69 Å². The van der Waals surface area contributed by atoms with Crippen molar-refractivity contribution in [3.05, 3.63) is 36.2 Å². The quantitative estimate of drug-likeness (QED) is 0.743. The van der Waals surface area contributed by atoms with Gasteiger partial charge < -0.3 is 19.1 Å². The molecule has 2 rings (SSSR count). The highest BCUT2D eigenvalue weighted by Gasteiger charge is 2.22. The van der Waals surface area contributed by atoms with Crippen LogP contribution in [0, 0.1) is 0 Å². The van der Waals surface area contributed by atoms with E-state index in [0.717, 1.165) is 5.69 Å². The van der Waals surface area contributed by atoms with E-state index in [0.29, 0.717) is 5.69 Å². The van der Waals surface area contributed by atoms with E-state index in [1.807, 2.05) is 43.3 Å². The predicted octanol–water partition coefficient (Wildman–Crippen LogP) is 2.65. The van der Waals surface area contributed by atoms with Gasteiger partial charge in [-0.3, -0.25) is 0 Å². The average molecular weight is 347 g/mol. The maximum atomic E-state index is 12.1. The first kappa shape index (κ1) is 18.3. The fourth-order valence-electron chi connectivity index (χ4n) is 2.05. The Kier molecular flexibility index (Phi) is 5.99. The average Bonchev–Trinajstić information content (AvgIpc) is 2.99. The topological polar surface area (TPSA) is 82.9 Å². The molecule has 0 aliphatic rings. The molecule has 134 valence electrons. The van der Waals surface area contributed by atoms with Gasteiger partial charge in [0.15, 0.2) is 5.75 Å². The lowest BCUT2D eigenvalue weighted by Gasteiger charge is -2.12. The molecular formula is C17H21N3O5. The first-order chi connectivity index (χ1) is 12.0. The number of anilines is 1. The van der Waals surface area contributed by atoms with Crippen molar-refractivity contribution < 1.29 is 23.8 Å². The number of hydrogen-bond donors (Lipinski definition) is 0. The summed E-state index contributed by atoms with van der Waals surface area (Å²) in [4.78, 5) is 25.6. The van der Waals surface area contributed by atoms with Crippen LogP contribution >= 0.6 is 0 Å². The molecule has 0 aliphatic carbocycles. The van der Waals surface area contributed by atoms with Crippen LogP contribution in [-0.4, -0.2) is 49.2 Å². The monoisotopic (exact) mass is 347 g/mol. The number of ether oxygens (including phenoxy) is 3. The maximum absolute atomic E-state index is 12.1. The summed E-state index contributed by atoms with van der Waals surface area (Å²) >= 11 is 0. The predicted molar refractivity (Wildman–Crippen MR) is 91.5 cm³/mol. The SMILES string of the molecule is CCOC(=O)Oc1cn(-c2ccc(N(C)C)cc2)nc1C(=O)OCC. The van der Waals surface area contributed by atoms with E-state index in [-0.39, 0.29) is 24.7 Å². The first-order valence-electron chi connectivity index (χ1n) is 7.85. The summed E-state index contributed by atoms with van der Waals surface area (Å²) in [6.07, 6.45) is 0.531. The fraction of sp³-hybridized carbons (Fsp3) is 0.353. The smallest absolute Gasteiger partial charge is 0.461 e. The van der Waals surface area contributed by atoms with Crippen LogP contribution in [0.1, 0.15) is 24.3 Å². The third kappa shape index (κ3) is 4.50. The van der Waals surface area contributed by atoms with Crippen molar-refractivity contribution in [2.45, 2.75) is 13.8 Å². The van der Waals surface area contributed by atoms with Crippen molar-refractivity contribution in [2.24, 2.45) is 0 Å². The summed E-state index contributed by atoms with van der Waals surface area (Å²) in [5.74, 6) is -0.695. The Morgan fingerprint density at radius 1 is 1.08 bits per heavy atom. The molecule has 8 nitrogen and oxygen atoms in total. The molecule has 1 heterocycles. The van der Waals surface area contributed by atoms with Gasteiger partial charge in [0, 0.05) is 19.8 Å². The molecule has 0 saturated carbocycles. The Morgan fingerprint density at radius 3 is 2.28 bits per heavy atom. The minimum atomic E-state index is -0.907. The first-order valence-corrected chi connectivity index (χ1v) is 7.85. The molecule has 25 heavy (non-hydrogen) atoms. The Labute approximate surface area is 145 Å². The number of carbonyl (C=O) groups is 2. The summed E-state index contributed by atoms with van der Waals surface area (Å²) < 4.78 is 16.2. The highest BCUT2D eigenvalue weighted by molar-refractivity contribution is 5.91. The van der Waals surface area contributed by atoms with Gasteiger partial charge in [-0.1, -0.05) is 0 Å². The van der Waals surface area contributed by atoms with Crippen molar-refractivity contribution in [3.8, 4) is 11.4 Å². The number of nitrogens with zero attached hydrogens (tertiary/aromatic N) is 3. The highest BCUT2D eigenvalue weighted by Crippen LogP contribution is 2.22. The normalized spacial score (nSPS) is 10.2. The Bertz CT molecular complexity index is 737. The van der Waals surface area contributed by atoms with Crippen LogP contribution in [0.2, 0.25) is 0 Å². The molecule has 0 spiro atoms. The van der Waals surface area contributed by atoms with Gasteiger partial charge in [-0.2, -0.15) is 5.10 Å². The van der Waals surface area contributed by atoms with Gasteiger partial charge >= 0.3 is 12.1 Å². The number of hydrogen-bond acceptors (Lipinski definition) is 7. The molecule has 2 aromatic rings. The zero-order valence-corrected chi connectivity index (χ0v) is 14.7.